The summed E-state index contributed by atoms with van der Waals surface area (Å²) in [6.07, 6.45) is 14.4. The number of hydrogen-bond acceptors (Lipinski definition) is 4. The van der Waals surface area contributed by atoms with E-state index >= 15 is 0 Å². The Bertz CT molecular complexity index is 1330. The Labute approximate surface area is 278 Å². The maximum absolute atomic E-state index is 11.4. The Morgan fingerprint density at radius 1 is 0.614 bits per heavy atom. The molecule has 0 unspecified atom stereocenters. The van der Waals surface area contributed by atoms with Crippen molar-refractivity contribution in [2.75, 3.05) is 0 Å². The van der Waals surface area contributed by atoms with Gasteiger partial charge in [0, 0.05) is 6.21 Å². The van der Waals surface area contributed by atoms with Gasteiger partial charge in [0.1, 0.15) is 0 Å². The molecule has 0 aliphatic rings. The van der Waals surface area contributed by atoms with Crippen LogP contribution < -0.4 is 10.2 Å². The van der Waals surface area contributed by atoms with Gasteiger partial charge in [-0.05, 0) is 110 Å². The predicted octanol–water partition coefficient (Wildman–Crippen LogP) is 9.73. The average Bonchev–Trinajstić information content (AvgIpc) is 3.04. The van der Waals surface area contributed by atoms with Crippen molar-refractivity contribution in [3.63, 3.8) is 0 Å². The van der Waals surface area contributed by atoms with Crippen molar-refractivity contribution in [2.24, 2.45) is 9.98 Å². The molecule has 5 heteroatoms. The fourth-order valence-corrected chi connectivity index (χ4v) is 5.22. The van der Waals surface area contributed by atoms with Gasteiger partial charge in [-0.2, -0.15) is 0 Å². The van der Waals surface area contributed by atoms with Crippen LogP contribution in [0.1, 0.15) is 120 Å². The molecule has 0 radical (unpaired) electrons. The smallest absolute Gasteiger partial charge is 0.873 e. The van der Waals surface area contributed by atoms with Crippen LogP contribution in [0.2, 0.25) is 0 Å². The number of hydrogen-bond donors (Lipinski definition) is 0. The first kappa shape index (κ1) is 39.1. The van der Waals surface area contributed by atoms with Crippen molar-refractivity contribution in [3.05, 3.63) is 81.9 Å². The topological polar surface area (TPSA) is 70.8 Å². The third-order valence-electron chi connectivity index (χ3n) is 7.97. The van der Waals surface area contributed by atoms with Crippen molar-refractivity contribution >= 4 is 23.3 Å². The van der Waals surface area contributed by atoms with Gasteiger partial charge >= 0.3 is 16.5 Å². The van der Waals surface area contributed by atoms with E-state index in [2.05, 4.69) is 77.9 Å². The van der Waals surface area contributed by atoms with Crippen LogP contribution in [0, 0.1) is 0 Å². The molecule has 0 atom stereocenters. The van der Waals surface area contributed by atoms with Crippen LogP contribution in [0.5, 0.6) is 11.5 Å². The van der Waals surface area contributed by atoms with Gasteiger partial charge in [-0.1, -0.05) is 97.6 Å². The number of unbranched alkanes of at least 4 members (excludes halogenated alkanes) is 3. The van der Waals surface area contributed by atoms with Crippen LogP contribution in [0.15, 0.2) is 58.5 Å². The van der Waals surface area contributed by atoms with Gasteiger partial charge < -0.3 is 10.2 Å². The summed E-state index contributed by atoms with van der Waals surface area (Å²) in [6, 6.07) is 16.5. The molecule has 0 fully saturated rings. The predicted molar refractivity (Wildman–Crippen MR) is 183 cm³/mol. The zero-order valence-corrected chi connectivity index (χ0v) is 29.2. The van der Waals surface area contributed by atoms with E-state index in [1.54, 1.807) is 0 Å². The third-order valence-corrected chi connectivity index (χ3v) is 7.97. The molecule has 0 heterocycles. The number of aliphatic imine (C=N–C) groups is 2. The molecule has 0 bridgehead atoms. The largest absolute Gasteiger partial charge is 2.00 e. The first-order chi connectivity index (χ1) is 20.8. The molecule has 0 saturated carbocycles. The molecule has 0 spiro atoms. The van der Waals surface area contributed by atoms with E-state index in [0.29, 0.717) is 5.56 Å². The SMILES string of the molecule is CCCCCC(C=Nc1ccc(CC)c(CC)c1)=Nc1ccc(CC)c(CC)c1.CCCCc1cc(CC)cc([O-])c1[O-].[Ni+2]. The summed E-state index contributed by atoms with van der Waals surface area (Å²) in [4.78, 5) is 9.76. The molecule has 242 valence electrons. The van der Waals surface area contributed by atoms with Crippen LogP contribution in [-0.2, 0) is 55.0 Å². The van der Waals surface area contributed by atoms with Crippen molar-refractivity contribution < 1.29 is 26.7 Å². The second kappa shape index (κ2) is 21.7. The van der Waals surface area contributed by atoms with Crippen molar-refractivity contribution in [2.45, 2.75) is 126 Å². The van der Waals surface area contributed by atoms with E-state index in [-0.39, 0.29) is 28.0 Å². The number of rotatable bonds is 15. The van der Waals surface area contributed by atoms with E-state index in [0.717, 1.165) is 86.9 Å². The molecule has 0 amide bonds. The molecular weight excluding hydrogens is 587 g/mol. The maximum atomic E-state index is 11.4. The summed E-state index contributed by atoms with van der Waals surface area (Å²) in [5, 5.41) is 22.7. The minimum Gasteiger partial charge on any atom is -0.873 e. The summed E-state index contributed by atoms with van der Waals surface area (Å²) in [5.41, 5.74) is 10.5. The Hall–Kier alpha value is -2.91. The van der Waals surface area contributed by atoms with Crippen LogP contribution in [0.25, 0.3) is 0 Å². The van der Waals surface area contributed by atoms with Crippen molar-refractivity contribution in [1.82, 2.24) is 0 Å². The average molecular weight is 642 g/mol. The minimum absolute atomic E-state index is 0. The molecule has 44 heavy (non-hydrogen) atoms. The molecule has 0 aliphatic heterocycles. The standard InChI is InChI=1S/C27H38N2.C12H18O2.Ni/c1-6-11-12-13-27(29-26-17-15-22(8-3)24(10-5)19-26)20-28-25-16-14-21(7-2)23(9-4)18-25;1-3-5-6-10-7-9(4-2)8-11(13)12(10)14;/h14-20H,6-13H2,1-5H3;7-8,13-14H,3-6H2,1-2H3;/q;;+2/p-2. The van der Waals surface area contributed by atoms with E-state index in [4.69, 9.17) is 9.98 Å². The maximum Gasteiger partial charge on any atom is 2.00 e. The molecule has 3 rings (SSSR count). The Morgan fingerprint density at radius 2 is 1.18 bits per heavy atom. The second-order valence-corrected chi connectivity index (χ2v) is 11.2. The number of benzene rings is 3. The molecule has 0 saturated heterocycles. The molecule has 3 aromatic rings. The van der Waals surface area contributed by atoms with E-state index < -0.39 is 0 Å². The summed E-state index contributed by atoms with van der Waals surface area (Å²) in [7, 11) is 0. The zero-order chi connectivity index (χ0) is 31.6. The van der Waals surface area contributed by atoms with Gasteiger partial charge in [-0.15, -0.1) is 11.5 Å². The fraction of sp³-hybridized carbons (Fsp3) is 0.487. The van der Waals surface area contributed by atoms with Gasteiger partial charge in [-0.3, -0.25) is 9.98 Å². The van der Waals surface area contributed by atoms with Crippen LogP contribution in [0.3, 0.4) is 0 Å². The van der Waals surface area contributed by atoms with Gasteiger partial charge in [-0.25, -0.2) is 0 Å². The minimum atomic E-state index is -0.351. The normalized spacial score (nSPS) is 11.3. The van der Waals surface area contributed by atoms with Gasteiger partial charge in [0.15, 0.2) is 0 Å². The van der Waals surface area contributed by atoms with E-state index in [9.17, 15) is 10.2 Å². The summed E-state index contributed by atoms with van der Waals surface area (Å²) in [6.45, 7) is 15.2. The first-order valence-corrected chi connectivity index (χ1v) is 16.7. The van der Waals surface area contributed by atoms with Crippen LogP contribution in [0.4, 0.5) is 11.4 Å². The van der Waals surface area contributed by atoms with Crippen molar-refractivity contribution in [3.8, 4) is 11.5 Å². The van der Waals surface area contributed by atoms with Crippen LogP contribution >= 0.6 is 0 Å². The Kier molecular flexibility index (Phi) is 19.3. The van der Waals surface area contributed by atoms with Gasteiger partial charge in [0.2, 0.25) is 0 Å². The summed E-state index contributed by atoms with van der Waals surface area (Å²) in [5.74, 6) is -0.661. The molecular formula is C39H54N2NiO2. The van der Waals surface area contributed by atoms with Gasteiger partial charge in [0.25, 0.3) is 0 Å². The quantitative estimate of drug-likeness (QED) is 0.0942. The molecule has 0 aromatic heterocycles. The van der Waals surface area contributed by atoms with E-state index in [1.165, 1.54) is 41.2 Å². The van der Waals surface area contributed by atoms with Crippen molar-refractivity contribution in [1.29, 1.82) is 0 Å². The molecule has 3 aromatic carbocycles. The number of nitrogens with zero attached hydrogens (tertiary/aromatic N) is 2. The molecule has 0 aliphatic carbocycles. The Balaban J connectivity index is 0.000000543. The fourth-order valence-electron chi connectivity index (χ4n) is 5.22. The zero-order valence-electron chi connectivity index (χ0n) is 28.2. The van der Waals surface area contributed by atoms with E-state index in [1.807, 2.05) is 19.2 Å². The van der Waals surface area contributed by atoms with Crippen LogP contribution in [-0.4, -0.2) is 11.9 Å². The monoisotopic (exact) mass is 640 g/mol. The van der Waals surface area contributed by atoms with Gasteiger partial charge in [0.05, 0.1) is 17.1 Å². The second-order valence-electron chi connectivity index (χ2n) is 11.2. The Morgan fingerprint density at radius 3 is 1.73 bits per heavy atom. The first-order valence-electron chi connectivity index (χ1n) is 16.7. The summed E-state index contributed by atoms with van der Waals surface area (Å²) >= 11 is 0. The molecule has 0 N–H and O–H groups in total. The molecule has 4 nitrogen and oxygen atoms in total. The number of aryl methyl sites for hydroxylation is 6. The summed E-state index contributed by atoms with van der Waals surface area (Å²) < 4.78 is 0. The third kappa shape index (κ3) is 12.6.